The Labute approximate surface area is 143 Å². The molecule has 25 heavy (non-hydrogen) atoms. The monoisotopic (exact) mass is 366 g/mol. The van der Waals surface area contributed by atoms with Crippen molar-refractivity contribution in [3.8, 4) is 0 Å². The second-order valence-corrected chi connectivity index (χ2v) is 7.42. The fraction of sp³-hybridized carbons (Fsp3) is 0.176. The zero-order valence-corrected chi connectivity index (χ0v) is 14.1. The summed E-state index contributed by atoms with van der Waals surface area (Å²) in [4.78, 5) is -0.793. The van der Waals surface area contributed by atoms with E-state index in [9.17, 15) is 22.3 Å². The first kappa shape index (κ1) is 17.5. The predicted octanol–water partition coefficient (Wildman–Crippen LogP) is 2.47. The van der Waals surface area contributed by atoms with Gasteiger partial charge in [-0.15, -0.1) is 0 Å². The van der Waals surface area contributed by atoms with Gasteiger partial charge in [-0.25, -0.2) is 21.9 Å². The Hall–Kier alpha value is -2.29. The van der Waals surface area contributed by atoms with E-state index in [1.165, 1.54) is 0 Å². The summed E-state index contributed by atoms with van der Waals surface area (Å²) in [5.74, 6) is -1.93. The fourth-order valence-corrected chi connectivity index (χ4v) is 3.70. The average molecular weight is 366 g/mol. The van der Waals surface area contributed by atoms with Gasteiger partial charge in [-0.2, -0.15) is 0 Å². The van der Waals surface area contributed by atoms with Crippen LogP contribution in [-0.4, -0.2) is 24.6 Å². The van der Waals surface area contributed by atoms with Crippen molar-refractivity contribution >= 4 is 20.9 Å². The number of halogens is 2. The van der Waals surface area contributed by atoms with E-state index in [4.69, 9.17) is 0 Å². The van der Waals surface area contributed by atoms with Gasteiger partial charge in [-0.05, 0) is 47.3 Å². The van der Waals surface area contributed by atoms with E-state index in [1.807, 2.05) is 29.9 Å². The number of aromatic nitrogens is 1. The SMILES string of the molecule is Cn1ccc2cc(C(O)CNS(=O)(=O)c3cc(F)ccc3F)ccc21. The van der Waals surface area contributed by atoms with Gasteiger partial charge >= 0.3 is 0 Å². The van der Waals surface area contributed by atoms with Crippen molar-refractivity contribution in [1.29, 1.82) is 0 Å². The van der Waals surface area contributed by atoms with E-state index in [1.54, 1.807) is 12.1 Å². The summed E-state index contributed by atoms with van der Waals surface area (Å²) in [6, 6.07) is 9.29. The summed E-state index contributed by atoms with van der Waals surface area (Å²) in [7, 11) is -2.40. The molecule has 0 saturated carbocycles. The number of benzene rings is 2. The van der Waals surface area contributed by atoms with E-state index in [-0.39, 0.29) is 6.54 Å². The number of sulfonamides is 1. The lowest BCUT2D eigenvalue weighted by atomic mass is 10.1. The molecule has 1 unspecified atom stereocenters. The minimum absolute atomic E-state index is 0.364. The summed E-state index contributed by atoms with van der Waals surface area (Å²) in [5.41, 5.74) is 1.49. The summed E-state index contributed by atoms with van der Waals surface area (Å²) in [6.45, 7) is -0.364. The molecule has 0 radical (unpaired) electrons. The third-order valence-electron chi connectivity index (χ3n) is 3.94. The Balaban J connectivity index is 1.78. The number of rotatable bonds is 5. The van der Waals surface area contributed by atoms with Crippen molar-refractivity contribution in [3.05, 3.63) is 65.9 Å². The molecule has 1 aromatic heterocycles. The van der Waals surface area contributed by atoms with Gasteiger partial charge in [0.2, 0.25) is 10.0 Å². The van der Waals surface area contributed by atoms with E-state index in [2.05, 4.69) is 4.72 Å². The molecule has 132 valence electrons. The molecular weight excluding hydrogens is 350 g/mol. The van der Waals surface area contributed by atoms with Gasteiger partial charge in [-0.1, -0.05) is 6.07 Å². The van der Waals surface area contributed by atoms with Crippen molar-refractivity contribution in [2.24, 2.45) is 7.05 Å². The largest absolute Gasteiger partial charge is 0.387 e. The number of hydrogen-bond acceptors (Lipinski definition) is 3. The molecule has 0 aliphatic carbocycles. The van der Waals surface area contributed by atoms with Gasteiger partial charge in [0.1, 0.15) is 16.5 Å². The third-order valence-corrected chi connectivity index (χ3v) is 5.38. The number of aliphatic hydroxyl groups excluding tert-OH is 1. The second-order valence-electron chi connectivity index (χ2n) is 5.69. The molecule has 1 heterocycles. The molecule has 0 fully saturated rings. The molecule has 0 aliphatic heterocycles. The molecule has 0 spiro atoms. The molecule has 2 N–H and O–H groups in total. The molecule has 3 rings (SSSR count). The van der Waals surface area contributed by atoms with Gasteiger partial charge in [-0.3, -0.25) is 0 Å². The first-order valence-corrected chi connectivity index (χ1v) is 8.94. The minimum atomic E-state index is -4.28. The summed E-state index contributed by atoms with van der Waals surface area (Å²) < 4.78 is 55.1. The van der Waals surface area contributed by atoms with Crippen molar-refractivity contribution in [2.45, 2.75) is 11.0 Å². The summed E-state index contributed by atoms with van der Waals surface area (Å²) >= 11 is 0. The molecular formula is C17H16F2N2O3S. The van der Waals surface area contributed by atoms with Gasteiger partial charge in [0.15, 0.2) is 0 Å². The maximum Gasteiger partial charge on any atom is 0.243 e. The lowest BCUT2D eigenvalue weighted by Gasteiger charge is -2.13. The molecule has 3 aromatic rings. The molecule has 2 aromatic carbocycles. The van der Waals surface area contributed by atoms with Crippen molar-refractivity contribution < 1.29 is 22.3 Å². The Bertz CT molecular complexity index is 1030. The van der Waals surface area contributed by atoms with E-state index >= 15 is 0 Å². The maximum atomic E-state index is 13.6. The number of hydrogen-bond donors (Lipinski definition) is 2. The first-order chi connectivity index (χ1) is 11.8. The number of aliphatic hydroxyl groups is 1. The first-order valence-electron chi connectivity index (χ1n) is 7.46. The lowest BCUT2D eigenvalue weighted by molar-refractivity contribution is 0.182. The summed E-state index contributed by atoms with van der Waals surface area (Å²) in [6.07, 6.45) is 0.743. The highest BCUT2D eigenvalue weighted by molar-refractivity contribution is 7.89. The van der Waals surface area contributed by atoms with Crippen LogP contribution in [0.1, 0.15) is 11.7 Å². The molecule has 8 heteroatoms. The summed E-state index contributed by atoms with van der Waals surface area (Å²) in [5, 5.41) is 11.1. The number of fused-ring (bicyclic) bond motifs is 1. The minimum Gasteiger partial charge on any atom is -0.387 e. The second kappa shape index (κ2) is 6.55. The van der Waals surface area contributed by atoms with Crippen LogP contribution in [0.25, 0.3) is 10.9 Å². The Kier molecular flexibility index (Phi) is 4.59. The Morgan fingerprint density at radius 2 is 1.92 bits per heavy atom. The highest BCUT2D eigenvalue weighted by atomic mass is 32.2. The molecule has 0 saturated heterocycles. The molecule has 0 aliphatic rings. The average Bonchev–Trinajstić information content (AvgIpc) is 2.95. The molecule has 5 nitrogen and oxygen atoms in total. The van der Waals surface area contributed by atoms with Crippen LogP contribution in [0.2, 0.25) is 0 Å². The smallest absolute Gasteiger partial charge is 0.243 e. The van der Waals surface area contributed by atoms with Gasteiger partial charge < -0.3 is 9.67 Å². The zero-order chi connectivity index (χ0) is 18.2. The van der Waals surface area contributed by atoms with Crippen LogP contribution in [0.3, 0.4) is 0 Å². The number of nitrogens with zero attached hydrogens (tertiary/aromatic N) is 1. The van der Waals surface area contributed by atoms with Crippen molar-refractivity contribution in [2.75, 3.05) is 6.54 Å². The maximum absolute atomic E-state index is 13.6. The lowest BCUT2D eigenvalue weighted by Crippen LogP contribution is -2.29. The van der Waals surface area contributed by atoms with Crippen molar-refractivity contribution in [1.82, 2.24) is 9.29 Å². The number of aryl methyl sites for hydroxylation is 1. The fourth-order valence-electron chi connectivity index (χ4n) is 2.57. The molecule has 0 bridgehead atoms. The van der Waals surface area contributed by atoms with Crippen LogP contribution in [0, 0.1) is 11.6 Å². The van der Waals surface area contributed by atoms with E-state index in [0.29, 0.717) is 11.6 Å². The number of nitrogens with one attached hydrogen (secondary N) is 1. The zero-order valence-electron chi connectivity index (χ0n) is 13.3. The highest BCUT2D eigenvalue weighted by Crippen LogP contribution is 2.22. The quantitative estimate of drug-likeness (QED) is 0.729. The Morgan fingerprint density at radius 1 is 1.16 bits per heavy atom. The topological polar surface area (TPSA) is 71.3 Å². The Morgan fingerprint density at radius 3 is 2.68 bits per heavy atom. The van der Waals surface area contributed by atoms with Crippen LogP contribution in [0.15, 0.2) is 53.6 Å². The van der Waals surface area contributed by atoms with E-state index < -0.39 is 32.7 Å². The molecule has 0 amide bonds. The van der Waals surface area contributed by atoms with Crippen molar-refractivity contribution in [3.63, 3.8) is 0 Å². The van der Waals surface area contributed by atoms with Crippen LogP contribution in [-0.2, 0) is 17.1 Å². The normalized spacial score (nSPS) is 13.3. The van der Waals surface area contributed by atoms with Crippen LogP contribution < -0.4 is 4.72 Å². The predicted molar refractivity (Wildman–Crippen MR) is 89.4 cm³/mol. The van der Waals surface area contributed by atoms with Gasteiger partial charge in [0, 0.05) is 25.3 Å². The molecule has 1 atom stereocenters. The third kappa shape index (κ3) is 3.55. The highest BCUT2D eigenvalue weighted by Gasteiger charge is 2.21. The van der Waals surface area contributed by atoms with Crippen LogP contribution in [0.4, 0.5) is 8.78 Å². The van der Waals surface area contributed by atoms with Gasteiger partial charge in [0.05, 0.1) is 6.10 Å². The van der Waals surface area contributed by atoms with Crippen LogP contribution >= 0.6 is 0 Å². The van der Waals surface area contributed by atoms with E-state index in [0.717, 1.165) is 23.0 Å². The standard InChI is InChI=1S/C17H16F2N2O3S/c1-21-7-6-11-8-12(2-5-15(11)21)16(22)10-20-25(23,24)17-9-13(18)3-4-14(17)19/h2-9,16,20,22H,10H2,1H3. The van der Waals surface area contributed by atoms with Gasteiger partial charge in [0.25, 0.3) is 0 Å². The van der Waals surface area contributed by atoms with Crippen LogP contribution in [0.5, 0.6) is 0 Å².